The molecule has 0 aromatic rings. The molecular weight excluding hydrogens is 148 g/mol. The van der Waals surface area contributed by atoms with Gasteiger partial charge in [-0.25, -0.2) is 0 Å². The predicted molar refractivity (Wildman–Crippen MR) is 55.5 cm³/mol. The van der Waals surface area contributed by atoms with E-state index in [0.29, 0.717) is 0 Å². The molecule has 0 aromatic carbocycles. The lowest BCUT2D eigenvalue weighted by atomic mass is 9.86. The van der Waals surface area contributed by atoms with E-state index < -0.39 is 0 Å². The maximum Gasteiger partial charge on any atom is 0.0164 e. The van der Waals surface area contributed by atoms with E-state index in [0.717, 1.165) is 6.42 Å². The summed E-state index contributed by atoms with van der Waals surface area (Å²) in [5.41, 5.74) is 0.472. The lowest BCUT2D eigenvalue weighted by Gasteiger charge is -2.39. The Bertz CT molecular complexity index is 137. The van der Waals surface area contributed by atoms with Gasteiger partial charge in [0.15, 0.2) is 0 Å². The number of hydrogen-bond donors (Lipinski definition) is 1. The minimum Gasteiger partial charge on any atom is -0.315 e. The van der Waals surface area contributed by atoms with E-state index in [1.165, 1.54) is 0 Å². The van der Waals surface area contributed by atoms with Crippen LogP contribution < -0.4 is 5.32 Å². The predicted octanol–water partition coefficient (Wildman–Crippen LogP) is 1.71. The minimum absolute atomic E-state index is 0.216. The topological polar surface area (TPSA) is 15.3 Å². The smallest absolute Gasteiger partial charge is 0.0164 e. The quantitative estimate of drug-likeness (QED) is 0.694. The molecule has 0 aliphatic carbocycles. The Morgan fingerprint density at radius 1 is 1.08 bits per heavy atom. The highest BCUT2D eigenvalue weighted by Crippen LogP contribution is 2.23. The van der Waals surface area contributed by atoms with Crippen LogP contribution in [0.4, 0.5) is 0 Å². The Morgan fingerprint density at radius 3 is 1.75 bits per heavy atom. The molecule has 0 aliphatic rings. The van der Waals surface area contributed by atoms with Crippen LogP contribution in [-0.4, -0.2) is 37.1 Å². The van der Waals surface area contributed by atoms with Gasteiger partial charge in [0.25, 0.3) is 0 Å². The molecular formula is C10H24N2. The van der Waals surface area contributed by atoms with Crippen LogP contribution in [0.5, 0.6) is 0 Å². The fourth-order valence-electron chi connectivity index (χ4n) is 1.33. The lowest BCUT2D eigenvalue weighted by molar-refractivity contribution is 0.141. The summed E-state index contributed by atoms with van der Waals surface area (Å²) in [6, 6.07) is 0. The molecule has 2 heteroatoms. The van der Waals surface area contributed by atoms with Crippen molar-refractivity contribution in [2.75, 3.05) is 21.1 Å². The van der Waals surface area contributed by atoms with E-state index in [1.807, 2.05) is 7.05 Å². The van der Waals surface area contributed by atoms with Crippen molar-refractivity contribution in [2.45, 2.75) is 45.2 Å². The first-order chi connectivity index (χ1) is 5.21. The largest absolute Gasteiger partial charge is 0.315 e. The average molecular weight is 172 g/mol. The number of nitrogens with one attached hydrogen (secondary N) is 1. The zero-order valence-corrected chi connectivity index (χ0v) is 9.65. The molecule has 0 fully saturated rings. The van der Waals surface area contributed by atoms with Crippen molar-refractivity contribution in [2.24, 2.45) is 0 Å². The Hall–Kier alpha value is -0.0800. The minimum atomic E-state index is 0.216. The molecule has 0 unspecified atom stereocenters. The van der Waals surface area contributed by atoms with E-state index >= 15 is 0 Å². The van der Waals surface area contributed by atoms with E-state index in [1.54, 1.807) is 0 Å². The Balaban J connectivity index is 4.23. The van der Waals surface area contributed by atoms with Gasteiger partial charge in [-0.1, -0.05) is 0 Å². The molecule has 0 radical (unpaired) electrons. The van der Waals surface area contributed by atoms with Crippen LogP contribution in [0.25, 0.3) is 0 Å². The zero-order valence-electron chi connectivity index (χ0n) is 9.65. The van der Waals surface area contributed by atoms with Gasteiger partial charge in [0.2, 0.25) is 0 Å². The van der Waals surface area contributed by atoms with Gasteiger partial charge in [-0.05, 0) is 55.3 Å². The van der Waals surface area contributed by atoms with Crippen molar-refractivity contribution in [3.8, 4) is 0 Å². The fourth-order valence-corrected chi connectivity index (χ4v) is 1.33. The van der Waals surface area contributed by atoms with E-state index in [2.05, 4.69) is 52.0 Å². The van der Waals surface area contributed by atoms with Crippen molar-refractivity contribution < 1.29 is 0 Å². The molecule has 1 N–H and O–H groups in total. The van der Waals surface area contributed by atoms with Crippen molar-refractivity contribution in [1.29, 1.82) is 0 Å². The third-order valence-corrected chi connectivity index (χ3v) is 2.76. The van der Waals surface area contributed by atoms with Crippen LogP contribution >= 0.6 is 0 Å². The summed E-state index contributed by atoms with van der Waals surface area (Å²) in [5.74, 6) is 0. The first kappa shape index (κ1) is 11.9. The molecule has 0 heterocycles. The maximum atomic E-state index is 3.33. The van der Waals surface area contributed by atoms with Gasteiger partial charge in [0, 0.05) is 11.1 Å². The number of hydrogen-bond acceptors (Lipinski definition) is 2. The molecule has 0 saturated carbocycles. The van der Waals surface area contributed by atoms with Crippen LogP contribution in [-0.2, 0) is 0 Å². The SMILES string of the molecule is CNC(C)(C)CC(C)(C)N(C)C. The summed E-state index contributed by atoms with van der Waals surface area (Å²) in [4.78, 5) is 2.27. The second kappa shape index (κ2) is 3.75. The van der Waals surface area contributed by atoms with Crippen LogP contribution in [0.1, 0.15) is 34.1 Å². The molecule has 0 saturated heterocycles. The van der Waals surface area contributed by atoms with Gasteiger partial charge in [0.1, 0.15) is 0 Å². The van der Waals surface area contributed by atoms with Gasteiger partial charge in [-0.2, -0.15) is 0 Å². The van der Waals surface area contributed by atoms with Crippen molar-refractivity contribution >= 4 is 0 Å². The van der Waals surface area contributed by atoms with Crippen molar-refractivity contribution in [3.63, 3.8) is 0 Å². The summed E-state index contributed by atoms with van der Waals surface area (Å²) in [6.07, 6.45) is 1.14. The molecule has 0 atom stereocenters. The molecule has 0 aliphatic heterocycles. The monoisotopic (exact) mass is 172 g/mol. The summed E-state index contributed by atoms with van der Waals surface area (Å²) in [6.45, 7) is 9.01. The maximum absolute atomic E-state index is 3.33. The highest BCUT2D eigenvalue weighted by atomic mass is 15.1. The zero-order chi connectivity index (χ0) is 9.99. The molecule has 0 spiro atoms. The second-order valence-corrected chi connectivity index (χ2v) is 5.02. The van der Waals surface area contributed by atoms with Crippen LogP contribution in [0.15, 0.2) is 0 Å². The average Bonchev–Trinajstić information content (AvgIpc) is 1.85. The van der Waals surface area contributed by atoms with E-state index in [4.69, 9.17) is 0 Å². The van der Waals surface area contributed by atoms with Crippen LogP contribution in [0.2, 0.25) is 0 Å². The lowest BCUT2D eigenvalue weighted by Crippen LogP contribution is -2.49. The molecule has 12 heavy (non-hydrogen) atoms. The second-order valence-electron chi connectivity index (χ2n) is 5.02. The number of nitrogens with zero attached hydrogens (tertiary/aromatic N) is 1. The molecule has 2 nitrogen and oxygen atoms in total. The highest BCUT2D eigenvalue weighted by molar-refractivity contribution is 4.88. The normalized spacial score (nSPS) is 14.0. The first-order valence-corrected chi connectivity index (χ1v) is 4.58. The van der Waals surface area contributed by atoms with Crippen molar-refractivity contribution in [1.82, 2.24) is 10.2 Å². The third kappa shape index (κ3) is 3.55. The van der Waals surface area contributed by atoms with Crippen LogP contribution in [0.3, 0.4) is 0 Å². The van der Waals surface area contributed by atoms with E-state index in [9.17, 15) is 0 Å². The van der Waals surface area contributed by atoms with Gasteiger partial charge in [-0.15, -0.1) is 0 Å². The molecule has 0 amide bonds. The fraction of sp³-hybridized carbons (Fsp3) is 1.00. The van der Waals surface area contributed by atoms with Gasteiger partial charge in [-0.3, -0.25) is 0 Å². The Labute approximate surface area is 77.3 Å². The Kier molecular flexibility index (Phi) is 3.73. The van der Waals surface area contributed by atoms with Crippen molar-refractivity contribution in [3.05, 3.63) is 0 Å². The highest BCUT2D eigenvalue weighted by Gasteiger charge is 2.28. The van der Waals surface area contributed by atoms with Crippen LogP contribution in [0, 0.1) is 0 Å². The molecule has 0 rings (SSSR count). The number of rotatable bonds is 4. The summed E-state index contributed by atoms with van der Waals surface area (Å²) < 4.78 is 0. The Morgan fingerprint density at radius 2 is 1.50 bits per heavy atom. The summed E-state index contributed by atoms with van der Waals surface area (Å²) in [5, 5.41) is 3.33. The first-order valence-electron chi connectivity index (χ1n) is 4.58. The van der Waals surface area contributed by atoms with Gasteiger partial charge in [0.05, 0.1) is 0 Å². The van der Waals surface area contributed by atoms with Gasteiger partial charge < -0.3 is 10.2 Å². The standard InChI is InChI=1S/C10H24N2/c1-9(2,11-5)8-10(3,4)12(6)7/h11H,8H2,1-7H3. The molecule has 74 valence electrons. The molecule has 0 aromatic heterocycles. The summed E-state index contributed by atoms with van der Waals surface area (Å²) >= 11 is 0. The summed E-state index contributed by atoms with van der Waals surface area (Å²) in [7, 11) is 6.28. The van der Waals surface area contributed by atoms with Gasteiger partial charge >= 0.3 is 0 Å². The third-order valence-electron chi connectivity index (χ3n) is 2.76. The van der Waals surface area contributed by atoms with E-state index in [-0.39, 0.29) is 11.1 Å². The molecule has 0 bridgehead atoms.